The molecule has 1 aliphatic heterocycles. The third-order valence-electron chi connectivity index (χ3n) is 4.43. The number of hydrogen-bond acceptors (Lipinski definition) is 10. The fraction of sp³-hybridized carbons (Fsp3) is 0.200. The van der Waals surface area contributed by atoms with Crippen molar-refractivity contribution in [2.24, 2.45) is 4.99 Å². The Hall–Kier alpha value is -4.48. The lowest BCUT2D eigenvalue weighted by atomic mass is 10.2. The predicted octanol–water partition coefficient (Wildman–Crippen LogP) is 0.0808. The standard InChI is InChI=1S/C20H18N2O10/c23-13-5-1-3-9(15(13)25)18-22-11(7-31-18)17(27)21-12(19(28)29)8-32-20(30)10-4-2-6-14(24)16(10)26/h1-6,11-12,23-26H,7-8H2,(H,21,27)(H,28,29). The molecule has 0 bridgehead atoms. The molecular weight excluding hydrogens is 428 g/mol. The number of phenolic OH excluding ortho intramolecular Hbond substituents is 4. The number of amides is 1. The fourth-order valence-corrected chi connectivity index (χ4v) is 2.73. The third kappa shape index (κ3) is 4.64. The summed E-state index contributed by atoms with van der Waals surface area (Å²) in [7, 11) is 0. The number of carbonyl (C=O) groups is 3. The van der Waals surface area contributed by atoms with Gasteiger partial charge >= 0.3 is 11.9 Å². The van der Waals surface area contributed by atoms with E-state index in [4.69, 9.17) is 9.47 Å². The van der Waals surface area contributed by atoms with Crippen LogP contribution in [0.2, 0.25) is 0 Å². The van der Waals surface area contributed by atoms with Crippen LogP contribution in [0.4, 0.5) is 0 Å². The fourth-order valence-electron chi connectivity index (χ4n) is 2.73. The first-order chi connectivity index (χ1) is 15.2. The van der Waals surface area contributed by atoms with E-state index >= 15 is 0 Å². The summed E-state index contributed by atoms with van der Waals surface area (Å²) in [4.78, 5) is 39.9. The smallest absolute Gasteiger partial charge is 0.342 e. The van der Waals surface area contributed by atoms with Crippen LogP contribution in [0.1, 0.15) is 15.9 Å². The molecular formula is C20H18N2O10. The molecule has 0 fully saturated rings. The minimum Gasteiger partial charge on any atom is -0.504 e. The number of phenols is 4. The zero-order valence-electron chi connectivity index (χ0n) is 16.3. The number of carboxylic acid groups (broad SMARTS) is 1. The predicted molar refractivity (Wildman–Crippen MR) is 106 cm³/mol. The van der Waals surface area contributed by atoms with Gasteiger partial charge in [0.05, 0.1) is 5.56 Å². The zero-order valence-corrected chi connectivity index (χ0v) is 16.3. The number of hydrogen-bond donors (Lipinski definition) is 6. The Morgan fingerprint density at radius 1 is 1.06 bits per heavy atom. The molecule has 0 spiro atoms. The highest BCUT2D eigenvalue weighted by atomic mass is 16.5. The van der Waals surface area contributed by atoms with Crippen molar-refractivity contribution in [2.75, 3.05) is 13.2 Å². The van der Waals surface area contributed by atoms with Crippen molar-refractivity contribution >= 4 is 23.7 Å². The van der Waals surface area contributed by atoms with E-state index in [1.165, 1.54) is 24.3 Å². The molecule has 3 rings (SSSR count). The number of ether oxygens (including phenoxy) is 2. The van der Waals surface area contributed by atoms with Crippen molar-refractivity contribution in [3.05, 3.63) is 47.5 Å². The van der Waals surface area contributed by atoms with Crippen LogP contribution in [0.5, 0.6) is 23.0 Å². The van der Waals surface area contributed by atoms with Gasteiger partial charge in [0.1, 0.15) is 18.8 Å². The van der Waals surface area contributed by atoms with Crippen LogP contribution in [0.15, 0.2) is 41.4 Å². The maximum atomic E-state index is 12.4. The number of aliphatic imine (C=N–C) groups is 1. The molecule has 0 aliphatic carbocycles. The van der Waals surface area contributed by atoms with Crippen molar-refractivity contribution in [1.82, 2.24) is 5.32 Å². The molecule has 0 saturated carbocycles. The van der Waals surface area contributed by atoms with Crippen molar-refractivity contribution in [2.45, 2.75) is 12.1 Å². The molecule has 1 aliphatic rings. The molecule has 32 heavy (non-hydrogen) atoms. The summed E-state index contributed by atoms with van der Waals surface area (Å²) < 4.78 is 10.1. The van der Waals surface area contributed by atoms with Crippen LogP contribution >= 0.6 is 0 Å². The topological polar surface area (TPSA) is 195 Å². The van der Waals surface area contributed by atoms with E-state index in [0.29, 0.717) is 0 Å². The summed E-state index contributed by atoms with van der Waals surface area (Å²) in [5.41, 5.74) is -0.334. The molecule has 2 aromatic carbocycles. The van der Waals surface area contributed by atoms with Gasteiger partial charge in [0.15, 0.2) is 35.1 Å². The summed E-state index contributed by atoms with van der Waals surface area (Å²) in [6, 6.07) is 4.87. The van der Waals surface area contributed by atoms with Gasteiger partial charge in [0, 0.05) is 0 Å². The molecule has 168 valence electrons. The van der Waals surface area contributed by atoms with Gasteiger partial charge in [-0.3, -0.25) is 4.79 Å². The van der Waals surface area contributed by atoms with E-state index in [2.05, 4.69) is 10.3 Å². The summed E-state index contributed by atoms with van der Waals surface area (Å²) >= 11 is 0. The average Bonchev–Trinajstić information content (AvgIpc) is 3.24. The Labute approximate surface area is 180 Å². The van der Waals surface area contributed by atoms with Gasteiger partial charge in [-0.15, -0.1) is 0 Å². The molecule has 1 amide bonds. The average molecular weight is 446 g/mol. The number of carbonyl (C=O) groups excluding carboxylic acids is 2. The SMILES string of the molecule is O=C(OCC(NC(=O)C1COC(c2cccc(O)c2O)=N1)C(=O)O)c1cccc(O)c1O. The number of aromatic hydroxyl groups is 4. The number of nitrogens with one attached hydrogen (secondary N) is 1. The summed E-state index contributed by atoms with van der Waals surface area (Å²) in [6.45, 7) is -1.02. The van der Waals surface area contributed by atoms with Crippen molar-refractivity contribution in [1.29, 1.82) is 0 Å². The van der Waals surface area contributed by atoms with Gasteiger partial charge in [-0.25, -0.2) is 14.6 Å². The van der Waals surface area contributed by atoms with Crippen LogP contribution in [0.3, 0.4) is 0 Å². The van der Waals surface area contributed by atoms with Crippen molar-refractivity contribution in [3.63, 3.8) is 0 Å². The Bertz CT molecular complexity index is 1100. The van der Waals surface area contributed by atoms with Gasteiger partial charge in [-0.2, -0.15) is 0 Å². The maximum Gasteiger partial charge on any atom is 0.342 e. The maximum absolute atomic E-state index is 12.4. The van der Waals surface area contributed by atoms with E-state index in [1.807, 2.05) is 0 Å². The van der Waals surface area contributed by atoms with Crippen LogP contribution in [0.25, 0.3) is 0 Å². The molecule has 0 aromatic heterocycles. The minimum absolute atomic E-state index is 0.0509. The van der Waals surface area contributed by atoms with Crippen molar-refractivity contribution < 1.29 is 49.4 Å². The first-order valence-corrected chi connectivity index (χ1v) is 9.12. The highest BCUT2D eigenvalue weighted by Crippen LogP contribution is 2.30. The molecule has 6 N–H and O–H groups in total. The number of benzene rings is 2. The molecule has 2 atom stereocenters. The zero-order chi connectivity index (χ0) is 23.4. The summed E-state index contributed by atoms with van der Waals surface area (Å²) in [6.07, 6.45) is 0. The largest absolute Gasteiger partial charge is 0.504 e. The van der Waals surface area contributed by atoms with Crippen LogP contribution in [0, 0.1) is 0 Å². The Morgan fingerprint density at radius 3 is 2.41 bits per heavy atom. The van der Waals surface area contributed by atoms with E-state index < -0.39 is 59.5 Å². The number of para-hydroxylation sites is 2. The van der Waals surface area contributed by atoms with Gasteiger partial charge in [-0.1, -0.05) is 12.1 Å². The van der Waals surface area contributed by atoms with E-state index in [-0.39, 0.29) is 23.6 Å². The lowest BCUT2D eigenvalue weighted by Crippen LogP contribution is -2.48. The van der Waals surface area contributed by atoms with Gasteiger partial charge in [-0.05, 0) is 24.3 Å². The first-order valence-electron chi connectivity index (χ1n) is 9.12. The Balaban J connectivity index is 1.65. The van der Waals surface area contributed by atoms with Gasteiger partial charge < -0.3 is 40.3 Å². The quantitative estimate of drug-likeness (QED) is 0.250. The second-order valence-electron chi connectivity index (χ2n) is 6.61. The van der Waals surface area contributed by atoms with Crippen molar-refractivity contribution in [3.8, 4) is 23.0 Å². The van der Waals surface area contributed by atoms with Gasteiger partial charge in [0.2, 0.25) is 11.8 Å². The molecule has 12 nitrogen and oxygen atoms in total. The lowest BCUT2D eigenvalue weighted by Gasteiger charge is -2.16. The molecule has 12 heteroatoms. The number of nitrogens with zero attached hydrogens (tertiary/aromatic N) is 1. The Morgan fingerprint density at radius 2 is 1.72 bits per heavy atom. The van der Waals surface area contributed by atoms with E-state index in [9.17, 15) is 39.9 Å². The monoisotopic (exact) mass is 446 g/mol. The number of esters is 1. The third-order valence-corrected chi connectivity index (χ3v) is 4.43. The van der Waals surface area contributed by atoms with Crippen LogP contribution in [-0.2, 0) is 19.1 Å². The number of aliphatic carboxylic acids is 1. The van der Waals surface area contributed by atoms with E-state index in [0.717, 1.165) is 12.1 Å². The molecule has 2 aromatic rings. The van der Waals surface area contributed by atoms with Crippen LogP contribution < -0.4 is 5.32 Å². The first kappa shape index (κ1) is 22.2. The number of carboxylic acids is 1. The van der Waals surface area contributed by atoms with E-state index in [1.54, 1.807) is 0 Å². The molecule has 0 saturated heterocycles. The highest BCUT2D eigenvalue weighted by molar-refractivity contribution is 6.01. The second kappa shape index (κ2) is 9.12. The van der Waals surface area contributed by atoms with Gasteiger partial charge in [0.25, 0.3) is 0 Å². The van der Waals surface area contributed by atoms with Crippen LogP contribution in [-0.4, -0.2) is 74.6 Å². The molecule has 0 radical (unpaired) electrons. The number of rotatable bonds is 7. The summed E-state index contributed by atoms with van der Waals surface area (Å²) in [5.74, 6) is -5.75. The Kier molecular flexibility index (Phi) is 6.33. The molecule has 1 heterocycles. The normalized spacial score (nSPS) is 15.9. The minimum atomic E-state index is -1.64. The molecule has 2 unspecified atom stereocenters. The lowest BCUT2D eigenvalue weighted by molar-refractivity contribution is -0.143. The highest BCUT2D eigenvalue weighted by Gasteiger charge is 2.32. The summed E-state index contributed by atoms with van der Waals surface area (Å²) in [5, 5.41) is 50.0. The second-order valence-corrected chi connectivity index (χ2v) is 6.61.